The lowest BCUT2D eigenvalue weighted by atomic mass is 10.0. The van der Waals surface area contributed by atoms with Crippen LogP contribution in [0.15, 0.2) is 35.1 Å². The van der Waals surface area contributed by atoms with Gasteiger partial charge >= 0.3 is 0 Å². The summed E-state index contributed by atoms with van der Waals surface area (Å²) in [7, 11) is 1.76. The van der Waals surface area contributed by atoms with Crippen LogP contribution >= 0.6 is 0 Å². The van der Waals surface area contributed by atoms with Crippen LogP contribution in [-0.4, -0.2) is 21.9 Å². The lowest BCUT2D eigenvalue weighted by Crippen LogP contribution is -2.23. The molecule has 2 rings (SSSR count). The Morgan fingerprint density at radius 2 is 1.95 bits per heavy atom. The Labute approximate surface area is 117 Å². The molecule has 0 fully saturated rings. The maximum Gasteiger partial charge on any atom is 0.275 e. The SMILES string of the molecule is CNCc1nn(-c2ccc(C(C)C)cc2)c(=O)cc1O. The molecule has 0 aliphatic heterocycles. The predicted molar refractivity (Wildman–Crippen MR) is 78.4 cm³/mol. The minimum absolute atomic E-state index is 0.0839. The second kappa shape index (κ2) is 5.88. The summed E-state index contributed by atoms with van der Waals surface area (Å²) in [4.78, 5) is 11.9. The highest BCUT2D eigenvalue weighted by Gasteiger charge is 2.09. The standard InChI is InChI=1S/C15H19N3O2/c1-10(2)11-4-6-12(7-5-11)18-15(20)8-14(19)13(17-18)9-16-3/h4-8,10,16,19H,9H2,1-3H3. The van der Waals surface area contributed by atoms with Crippen molar-refractivity contribution in [3.63, 3.8) is 0 Å². The molecule has 0 amide bonds. The van der Waals surface area contributed by atoms with Gasteiger partial charge in [0, 0.05) is 12.6 Å². The zero-order valence-electron chi connectivity index (χ0n) is 11.9. The minimum Gasteiger partial charge on any atom is -0.506 e. The van der Waals surface area contributed by atoms with Crippen molar-refractivity contribution in [3.05, 3.63) is 51.9 Å². The Morgan fingerprint density at radius 1 is 1.30 bits per heavy atom. The Hall–Kier alpha value is -2.14. The van der Waals surface area contributed by atoms with Gasteiger partial charge in [0.1, 0.15) is 11.4 Å². The Kier molecular flexibility index (Phi) is 4.20. The number of nitrogens with one attached hydrogen (secondary N) is 1. The van der Waals surface area contributed by atoms with E-state index in [4.69, 9.17) is 0 Å². The topological polar surface area (TPSA) is 67.2 Å². The summed E-state index contributed by atoms with van der Waals surface area (Å²) in [5.41, 5.74) is 1.99. The van der Waals surface area contributed by atoms with E-state index in [2.05, 4.69) is 24.3 Å². The fraction of sp³-hybridized carbons (Fsp3) is 0.333. The first-order valence-electron chi connectivity index (χ1n) is 6.60. The van der Waals surface area contributed by atoms with Crippen molar-refractivity contribution in [2.45, 2.75) is 26.3 Å². The van der Waals surface area contributed by atoms with Gasteiger partial charge in [-0.15, -0.1) is 0 Å². The number of hydrogen-bond acceptors (Lipinski definition) is 4. The third-order valence-electron chi connectivity index (χ3n) is 3.13. The van der Waals surface area contributed by atoms with Gasteiger partial charge in [-0.1, -0.05) is 26.0 Å². The van der Waals surface area contributed by atoms with E-state index in [0.29, 0.717) is 23.8 Å². The molecular formula is C15H19N3O2. The average molecular weight is 273 g/mol. The molecule has 1 aromatic heterocycles. The van der Waals surface area contributed by atoms with Crippen molar-refractivity contribution in [3.8, 4) is 11.4 Å². The van der Waals surface area contributed by atoms with Crippen LogP contribution < -0.4 is 10.9 Å². The van der Waals surface area contributed by atoms with Gasteiger partial charge in [-0.2, -0.15) is 9.78 Å². The van der Waals surface area contributed by atoms with Crippen LogP contribution in [0.25, 0.3) is 5.69 Å². The van der Waals surface area contributed by atoms with E-state index in [-0.39, 0.29) is 11.3 Å². The molecule has 1 aromatic carbocycles. The van der Waals surface area contributed by atoms with Crippen LogP contribution in [0, 0.1) is 0 Å². The summed E-state index contributed by atoms with van der Waals surface area (Å²) in [5.74, 6) is 0.354. The summed E-state index contributed by atoms with van der Waals surface area (Å²) in [6.07, 6.45) is 0. The maximum absolute atomic E-state index is 11.9. The molecule has 20 heavy (non-hydrogen) atoms. The molecule has 2 N–H and O–H groups in total. The first-order valence-corrected chi connectivity index (χ1v) is 6.60. The van der Waals surface area contributed by atoms with E-state index in [1.54, 1.807) is 7.05 Å². The van der Waals surface area contributed by atoms with E-state index < -0.39 is 0 Å². The van der Waals surface area contributed by atoms with Crippen LogP contribution in [0.3, 0.4) is 0 Å². The number of aromatic nitrogens is 2. The van der Waals surface area contributed by atoms with Gasteiger partial charge in [0.05, 0.1) is 5.69 Å². The Bertz CT molecular complexity index is 645. The molecule has 0 saturated heterocycles. The number of nitrogens with zero attached hydrogens (tertiary/aromatic N) is 2. The van der Waals surface area contributed by atoms with Crippen LogP contribution in [0.4, 0.5) is 0 Å². The molecule has 0 atom stereocenters. The number of aromatic hydroxyl groups is 1. The molecule has 0 radical (unpaired) electrons. The summed E-state index contributed by atoms with van der Waals surface area (Å²) >= 11 is 0. The lowest BCUT2D eigenvalue weighted by molar-refractivity contribution is 0.453. The number of benzene rings is 1. The third kappa shape index (κ3) is 2.88. The predicted octanol–water partition coefficient (Wildman–Crippen LogP) is 1.78. The second-order valence-corrected chi connectivity index (χ2v) is 5.00. The zero-order chi connectivity index (χ0) is 14.7. The fourth-order valence-electron chi connectivity index (χ4n) is 1.96. The highest BCUT2D eigenvalue weighted by atomic mass is 16.3. The quantitative estimate of drug-likeness (QED) is 0.891. The van der Waals surface area contributed by atoms with E-state index >= 15 is 0 Å². The minimum atomic E-state index is -0.348. The maximum atomic E-state index is 11.9. The van der Waals surface area contributed by atoms with Crippen LogP contribution in [0.5, 0.6) is 5.75 Å². The van der Waals surface area contributed by atoms with E-state index in [9.17, 15) is 9.90 Å². The van der Waals surface area contributed by atoms with Crippen LogP contribution in [0.2, 0.25) is 0 Å². The van der Waals surface area contributed by atoms with E-state index in [1.807, 2.05) is 24.3 Å². The van der Waals surface area contributed by atoms with Gasteiger partial charge in [-0.3, -0.25) is 4.79 Å². The number of hydrogen-bond donors (Lipinski definition) is 2. The van der Waals surface area contributed by atoms with Gasteiger partial charge in [0.15, 0.2) is 0 Å². The molecule has 106 valence electrons. The van der Waals surface area contributed by atoms with Gasteiger partial charge < -0.3 is 10.4 Å². The largest absolute Gasteiger partial charge is 0.506 e. The fourth-order valence-corrected chi connectivity index (χ4v) is 1.96. The van der Waals surface area contributed by atoms with E-state index in [1.165, 1.54) is 16.3 Å². The third-order valence-corrected chi connectivity index (χ3v) is 3.13. The van der Waals surface area contributed by atoms with Crippen molar-refractivity contribution in [1.82, 2.24) is 15.1 Å². The second-order valence-electron chi connectivity index (χ2n) is 5.00. The highest BCUT2D eigenvalue weighted by Crippen LogP contribution is 2.17. The van der Waals surface area contributed by atoms with Crippen LogP contribution in [0.1, 0.15) is 31.0 Å². The molecule has 0 unspecified atom stereocenters. The van der Waals surface area contributed by atoms with Crippen molar-refractivity contribution in [2.24, 2.45) is 0 Å². The molecule has 0 spiro atoms. The van der Waals surface area contributed by atoms with Crippen molar-refractivity contribution >= 4 is 0 Å². The zero-order valence-corrected chi connectivity index (χ0v) is 11.9. The van der Waals surface area contributed by atoms with E-state index in [0.717, 1.165) is 0 Å². The van der Waals surface area contributed by atoms with Gasteiger partial charge in [-0.05, 0) is 30.7 Å². The van der Waals surface area contributed by atoms with Crippen molar-refractivity contribution < 1.29 is 5.11 Å². The number of rotatable bonds is 4. The first kappa shape index (κ1) is 14.3. The summed E-state index contributed by atoms with van der Waals surface area (Å²) in [5, 5.41) is 16.8. The molecule has 2 aromatic rings. The summed E-state index contributed by atoms with van der Waals surface area (Å²) < 4.78 is 1.30. The summed E-state index contributed by atoms with van der Waals surface area (Å²) in [6.45, 7) is 4.63. The van der Waals surface area contributed by atoms with Gasteiger partial charge in [0.25, 0.3) is 5.56 Å². The molecule has 5 nitrogen and oxygen atoms in total. The highest BCUT2D eigenvalue weighted by molar-refractivity contribution is 5.36. The molecule has 0 saturated carbocycles. The monoisotopic (exact) mass is 273 g/mol. The lowest BCUT2D eigenvalue weighted by Gasteiger charge is -2.10. The van der Waals surface area contributed by atoms with Gasteiger partial charge in [0.2, 0.25) is 0 Å². The van der Waals surface area contributed by atoms with Crippen LogP contribution in [-0.2, 0) is 6.54 Å². The molecule has 0 bridgehead atoms. The van der Waals surface area contributed by atoms with Crippen molar-refractivity contribution in [1.29, 1.82) is 0 Å². The summed E-state index contributed by atoms with van der Waals surface area (Å²) in [6, 6.07) is 8.89. The smallest absolute Gasteiger partial charge is 0.275 e. The molecule has 0 aliphatic carbocycles. The molecule has 1 heterocycles. The Balaban J connectivity index is 2.46. The molecular weight excluding hydrogens is 254 g/mol. The van der Waals surface area contributed by atoms with Gasteiger partial charge in [-0.25, -0.2) is 0 Å². The van der Waals surface area contributed by atoms with Crippen molar-refractivity contribution in [2.75, 3.05) is 7.05 Å². The normalized spacial score (nSPS) is 11.0. The molecule has 5 heteroatoms. The molecule has 0 aliphatic rings. The average Bonchev–Trinajstić information content (AvgIpc) is 2.42. The first-order chi connectivity index (χ1) is 9.52. The Morgan fingerprint density at radius 3 is 2.50 bits per heavy atom.